The number of carbonyl (C=O) groups excluding carboxylic acids is 1. The van der Waals surface area contributed by atoms with E-state index in [2.05, 4.69) is 0 Å². The second kappa shape index (κ2) is 6.87. The Hall–Kier alpha value is -1.91. The topological polar surface area (TPSA) is 57.6 Å². The molecule has 1 aromatic rings. The smallest absolute Gasteiger partial charge is 0.303 e. The number of carboxylic acids is 1. The monoisotopic (exact) mass is 267 g/mol. The van der Waals surface area contributed by atoms with Gasteiger partial charge >= 0.3 is 5.97 Å². The molecular formula is C14H18FNO3. The molecule has 0 aromatic heterocycles. The lowest BCUT2D eigenvalue weighted by atomic mass is 10.1. The zero-order valence-corrected chi connectivity index (χ0v) is 11.1. The molecule has 5 heteroatoms. The number of halogens is 1. The maximum absolute atomic E-state index is 13.6. The lowest BCUT2D eigenvalue weighted by molar-refractivity contribution is -0.141. The minimum absolute atomic E-state index is 0.0675. The van der Waals surface area contributed by atoms with Crippen molar-refractivity contribution in [3.8, 4) is 0 Å². The van der Waals surface area contributed by atoms with E-state index in [1.165, 1.54) is 11.0 Å². The van der Waals surface area contributed by atoms with Crippen LogP contribution in [0.25, 0.3) is 0 Å². The second-order valence-electron chi connectivity index (χ2n) is 4.60. The van der Waals surface area contributed by atoms with Crippen LogP contribution in [0.2, 0.25) is 0 Å². The highest BCUT2D eigenvalue weighted by molar-refractivity contribution is 5.80. The van der Waals surface area contributed by atoms with Crippen molar-refractivity contribution < 1.29 is 19.1 Å². The summed E-state index contributed by atoms with van der Waals surface area (Å²) in [6, 6.07) is 6.15. The molecule has 0 saturated heterocycles. The highest BCUT2D eigenvalue weighted by Crippen LogP contribution is 2.13. The summed E-state index contributed by atoms with van der Waals surface area (Å²) in [5.41, 5.74) is 0.430. The van der Waals surface area contributed by atoms with E-state index in [4.69, 9.17) is 5.11 Å². The lowest BCUT2D eigenvalue weighted by Crippen LogP contribution is -2.36. The van der Waals surface area contributed by atoms with E-state index in [1.54, 1.807) is 18.2 Å². The average molecular weight is 267 g/mol. The molecule has 104 valence electrons. The molecule has 0 bridgehead atoms. The molecule has 0 atom stereocenters. The number of carboxylic acid groups (broad SMARTS) is 1. The molecule has 0 fully saturated rings. The van der Waals surface area contributed by atoms with Gasteiger partial charge in [0, 0.05) is 24.6 Å². The first-order valence-corrected chi connectivity index (χ1v) is 6.16. The Labute approximate surface area is 111 Å². The summed E-state index contributed by atoms with van der Waals surface area (Å²) >= 11 is 0. The normalized spacial score (nSPS) is 10.5. The number of aliphatic carboxylic acids is 1. The number of rotatable bonds is 6. The van der Waals surface area contributed by atoms with Crippen LogP contribution in [0.4, 0.5) is 4.39 Å². The molecule has 1 rings (SSSR count). The quantitative estimate of drug-likeness (QED) is 0.861. The fourth-order valence-electron chi connectivity index (χ4n) is 1.73. The van der Waals surface area contributed by atoms with E-state index in [9.17, 15) is 14.0 Å². The molecule has 0 radical (unpaired) electrons. The van der Waals surface area contributed by atoms with Crippen molar-refractivity contribution in [1.82, 2.24) is 4.90 Å². The van der Waals surface area contributed by atoms with Gasteiger partial charge in [0.1, 0.15) is 5.82 Å². The Morgan fingerprint density at radius 3 is 2.42 bits per heavy atom. The van der Waals surface area contributed by atoms with Gasteiger partial charge in [-0.1, -0.05) is 18.2 Å². The minimum Gasteiger partial charge on any atom is -0.481 e. The van der Waals surface area contributed by atoms with Crippen LogP contribution in [0.5, 0.6) is 0 Å². The van der Waals surface area contributed by atoms with Crippen LogP contribution in [-0.4, -0.2) is 27.9 Å². The molecule has 1 N–H and O–H groups in total. The van der Waals surface area contributed by atoms with E-state index >= 15 is 0 Å². The Kier molecular flexibility index (Phi) is 5.48. The van der Waals surface area contributed by atoms with Crippen LogP contribution < -0.4 is 0 Å². The largest absolute Gasteiger partial charge is 0.481 e. The molecule has 0 aliphatic rings. The van der Waals surface area contributed by atoms with Gasteiger partial charge in [0.25, 0.3) is 0 Å². The van der Waals surface area contributed by atoms with Crippen LogP contribution in [0.15, 0.2) is 24.3 Å². The van der Waals surface area contributed by atoms with E-state index in [0.717, 1.165) is 0 Å². The second-order valence-corrected chi connectivity index (χ2v) is 4.60. The fourth-order valence-corrected chi connectivity index (χ4v) is 1.73. The number of hydrogen-bond acceptors (Lipinski definition) is 2. The molecule has 0 aliphatic carbocycles. The third-order valence-electron chi connectivity index (χ3n) is 2.79. The van der Waals surface area contributed by atoms with Crippen LogP contribution in [0.1, 0.15) is 32.3 Å². The van der Waals surface area contributed by atoms with Gasteiger partial charge in [-0.3, -0.25) is 9.59 Å². The summed E-state index contributed by atoms with van der Waals surface area (Å²) in [5, 5.41) is 8.59. The minimum atomic E-state index is -1.01. The molecule has 19 heavy (non-hydrogen) atoms. The maximum Gasteiger partial charge on any atom is 0.303 e. The van der Waals surface area contributed by atoms with Gasteiger partial charge < -0.3 is 10.0 Å². The van der Waals surface area contributed by atoms with Crippen molar-refractivity contribution >= 4 is 11.9 Å². The van der Waals surface area contributed by atoms with Crippen LogP contribution in [0.3, 0.4) is 0 Å². The summed E-state index contributed by atoms with van der Waals surface area (Å²) in [7, 11) is 0. The first-order valence-electron chi connectivity index (χ1n) is 6.16. The van der Waals surface area contributed by atoms with Gasteiger partial charge in [-0.25, -0.2) is 4.39 Å². The first-order chi connectivity index (χ1) is 8.91. The van der Waals surface area contributed by atoms with E-state index in [0.29, 0.717) is 5.56 Å². The summed E-state index contributed by atoms with van der Waals surface area (Å²) < 4.78 is 13.6. The number of hydrogen-bond donors (Lipinski definition) is 1. The molecule has 4 nitrogen and oxygen atoms in total. The average Bonchev–Trinajstić information content (AvgIpc) is 2.34. The van der Waals surface area contributed by atoms with Gasteiger partial charge in [-0.05, 0) is 19.9 Å². The Morgan fingerprint density at radius 1 is 1.26 bits per heavy atom. The molecule has 0 saturated carbocycles. The number of amides is 1. The van der Waals surface area contributed by atoms with Gasteiger partial charge in [-0.15, -0.1) is 0 Å². The SMILES string of the molecule is CC(C)N(Cc1ccccc1F)C(=O)CCC(=O)O. The zero-order chi connectivity index (χ0) is 14.4. The van der Waals surface area contributed by atoms with Crippen molar-refractivity contribution in [2.45, 2.75) is 39.3 Å². The van der Waals surface area contributed by atoms with Crippen molar-refractivity contribution in [3.63, 3.8) is 0 Å². The molecule has 1 amide bonds. The fraction of sp³-hybridized carbons (Fsp3) is 0.429. The van der Waals surface area contributed by atoms with Gasteiger partial charge in [-0.2, -0.15) is 0 Å². The lowest BCUT2D eigenvalue weighted by Gasteiger charge is -2.27. The Balaban J connectivity index is 2.76. The Morgan fingerprint density at radius 2 is 1.89 bits per heavy atom. The summed E-state index contributed by atoms with van der Waals surface area (Å²) in [6.45, 7) is 3.79. The van der Waals surface area contributed by atoms with Crippen molar-refractivity contribution in [1.29, 1.82) is 0 Å². The van der Waals surface area contributed by atoms with Gasteiger partial charge in [0.15, 0.2) is 0 Å². The highest BCUT2D eigenvalue weighted by Gasteiger charge is 2.19. The van der Waals surface area contributed by atoms with E-state index in [1.807, 2.05) is 13.8 Å². The highest BCUT2D eigenvalue weighted by atomic mass is 19.1. The van der Waals surface area contributed by atoms with Crippen molar-refractivity contribution in [2.24, 2.45) is 0 Å². The predicted molar refractivity (Wildman–Crippen MR) is 69.0 cm³/mol. The molecule has 0 unspecified atom stereocenters. The van der Waals surface area contributed by atoms with Crippen LogP contribution in [0, 0.1) is 5.82 Å². The number of benzene rings is 1. The van der Waals surface area contributed by atoms with Gasteiger partial charge in [0.2, 0.25) is 5.91 Å². The summed E-state index contributed by atoms with van der Waals surface area (Å²) in [5.74, 6) is -1.65. The first kappa shape index (κ1) is 15.1. The predicted octanol–water partition coefficient (Wildman–Crippen LogP) is 2.43. The molecule has 0 aliphatic heterocycles. The molecule has 0 heterocycles. The standard InChI is InChI=1S/C14H18FNO3/c1-10(2)16(13(17)7-8-14(18)19)9-11-5-3-4-6-12(11)15/h3-6,10H,7-9H2,1-2H3,(H,18,19). The Bertz CT molecular complexity index is 460. The van der Waals surface area contributed by atoms with Crippen LogP contribution in [-0.2, 0) is 16.1 Å². The van der Waals surface area contributed by atoms with E-state index in [-0.39, 0.29) is 37.2 Å². The number of nitrogens with zero attached hydrogens (tertiary/aromatic N) is 1. The molecular weight excluding hydrogens is 249 g/mol. The van der Waals surface area contributed by atoms with Crippen molar-refractivity contribution in [2.75, 3.05) is 0 Å². The molecule has 1 aromatic carbocycles. The zero-order valence-electron chi connectivity index (χ0n) is 11.1. The van der Waals surface area contributed by atoms with E-state index < -0.39 is 5.97 Å². The summed E-state index contributed by atoms with van der Waals surface area (Å²) in [6.07, 6.45) is -0.276. The molecule has 0 spiro atoms. The third kappa shape index (κ3) is 4.69. The van der Waals surface area contributed by atoms with Crippen LogP contribution >= 0.6 is 0 Å². The third-order valence-corrected chi connectivity index (χ3v) is 2.79. The van der Waals surface area contributed by atoms with Crippen molar-refractivity contribution in [3.05, 3.63) is 35.6 Å². The maximum atomic E-state index is 13.6. The summed E-state index contributed by atoms with van der Waals surface area (Å²) in [4.78, 5) is 23.9. The van der Waals surface area contributed by atoms with Gasteiger partial charge in [0.05, 0.1) is 6.42 Å². The number of carbonyl (C=O) groups is 2.